The second-order valence-corrected chi connectivity index (χ2v) is 4.79. The van der Waals surface area contributed by atoms with Crippen molar-refractivity contribution < 1.29 is 4.92 Å². The molecule has 0 saturated heterocycles. The van der Waals surface area contributed by atoms with Crippen molar-refractivity contribution in [3.8, 4) is 0 Å². The van der Waals surface area contributed by atoms with Gasteiger partial charge in [-0.3, -0.25) is 24.5 Å². The Morgan fingerprint density at radius 2 is 2.00 bits per heavy atom. The minimum Gasteiger partial charge on any atom is -0.292 e. The zero-order valence-corrected chi connectivity index (χ0v) is 10.3. The van der Waals surface area contributed by atoms with Gasteiger partial charge in [0.2, 0.25) is 0 Å². The summed E-state index contributed by atoms with van der Waals surface area (Å²) in [6, 6.07) is 0. The van der Waals surface area contributed by atoms with Gasteiger partial charge in [-0.1, -0.05) is 24.4 Å². The van der Waals surface area contributed by atoms with Crippen LogP contribution in [0.5, 0.6) is 0 Å². The van der Waals surface area contributed by atoms with Crippen LogP contribution in [0.4, 0.5) is 5.69 Å². The zero-order valence-electron chi connectivity index (χ0n) is 9.52. The summed E-state index contributed by atoms with van der Waals surface area (Å²) in [5.41, 5.74) is -2.39. The summed E-state index contributed by atoms with van der Waals surface area (Å²) >= 11 is 5.51. The highest BCUT2D eigenvalue weighted by Crippen LogP contribution is 2.25. The van der Waals surface area contributed by atoms with Gasteiger partial charge in [-0.25, -0.2) is 4.79 Å². The molecular weight excluding hydrogens is 262 g/mol. The monoisotopic (exact) mass is 273 g/mol. The van der Waals surface area contributed by atoms with E-state index in [1.807, 2.05) is 0 Å². The molecule has 98 valence electrons. The van der Waals surface area contributed by atoms with Gasteiger partial charge in [-0.2, -0.15) is 0 Å². The highest BCUT2D eigenvalue weighted by molar-refractivity contribution is 6.31. The number of rotatable bonds is 3. The molecule has 2 rings (SSSR count). The topological polar surface area (TPSA) is 98.0 Å². The highest BCUT2D eigenvalue weighted by Gasteiger charge is 2.25. The molecule has 0 bridgehead atoms. The third-order valence-corrected chi connectivity index (χ3v) is 3.49. The van der Waals surface area contributed by atoms with Crippen LogP contribution >= 0.6 is 11.6 Å². The van der Waals surface area contributed by atoms with Gasteiger partial charge in [0.15, 0.2) is 5.15 Å². The van der Waals surface area contributed by atoms with Crippen molar-refractivity contribution in [1.29, 1.82) is 0 Å². The summed E-state index contributed by atoms with van der Waals surface area (Å²) in [6.07, 6.45) is 3.99. The maximum absolute atomic E-state index is 11.9. The molecule has 7 nitrogen and oxygen atoms in total. The number of hydrogen-bond acceptors (Lipinski definition) is 4. The summed E-state index contributed by atoms with van der Waals surface area (Å²) in [7, 11) is 0. The predicted molar refractivity (Wildman–Crippen MR) is 64.9 cm³/mol. The molecule has 1 aromatic rings. The van der Waals surface area contributed by atoms with Crippen LogP contribution in [-0.4, -0.2) is 14.5 Å². The molecule has 0 spiro atoms. The molecular formula is C10H12ClN3O4. The predicted octanol–water partition coefficient (Wildman–Crippen LogP) is 1.29. The second-order valence-electron chi connectivity index (χ2n) is 4.42. The molecule has 0 unspecified atom stereocenters. The van der Waals surface area contributed by atoms with E-state index in [4.69, 9.17) is 11.6 Å². The average molecular weight is 274 g/mol. The summed E-state index contributed by atoms with van der Waals surface area (Å²) in [5, 5.41) is 10.2. The number of aromatic nitrogens is 2. The summed E-state index contributed by atoms with van der Waals surface area (Å²) in [4.78, 5) is 35.5. The fourth-order valence-corrected chi connectivity index (χ4v) is 2.54. The Hall–Kier alpha value is -1.63. The smallest absolute Gasteiger partial charge is 0.292 e. The fraction of sp³-hybridized carbons (Fsp3) is 0.600. The van der Waals surface area contributed by atoms with Crippen LogP contribution in [0.25, 0.3) is 0 Å². The molecule has 18 heavy (non-hydrogen) atoms. The van der Waals surface area contributed by atoms with Gasteiger partial charge in [0.05, 0.1) is 4.92 Å². The van der Waals surface area contributed by atoms with Gasteiger partial charge < -0.3 is 0 Å². The Bertz CT molecular complexity index is 586. The number of nitrogens with zero attached hydrogens (tertiary/aromatic N) is 2. The van der Waals surface area contributed by atoms with Gasteiger partial charge in [-0.15, -0.1) is 0 Å². The highest BCUT2D eigenvalue weighted by atomic mass is 35.5. The van der Waals surface area contributed by atoms with Crippen LogP contribution in [0.3, 0.4) is 0 Å². The Morgan fingerprint density at radius 1 is 1.39 bits per heavy atom. The van der Waals surface area contributed by atoms with Crippen LogP contribution in [0.1, 0.15) is 25.7 Å². The molecule has 1 aliphatic rings. The quantitative estimate of drug-likeness (QED) is 0.509. The lowest BCUT2D eigenvalue weighted by molar-refractivity contribution is -0.386. The average Bonchev–Trinajstić information content (AvgIpc) is 2.75. The van der Waals surface area contributed by atoms with Crippen molar-refractivity contribution in [2.75, 3.05) is 0 Å². The second kappa shape index (κ2) is 4.93. The normalized spacial score (nSPS) is 16.1. The number of hydrogen-bond donors (Lipinski definition) is 1. The molecule has 1 saturated carbocycles. The maximum Gasteiger partial charge on any atom is 0.369 e. The van der Waals surface area contributed by atoms with Crippen LogP contribution in [-0.2, 0) is 6.54 Å². The molecule has 1 aromatic heterocycles. The first-order valence-electron chi connectivity index (χ1n) is 5.67. The number of nitro groups is 1. The molecule has 0 radical (unpaired) electrons. The maximum atomic E-state index is 11.9. The van der Waals surface area contributed by atoms with Crippen molar-refractivity contribution in [3.05, 3.63) is 36.1 Å². The first-order valence-corrected chi connectivity index (χ1v) is 6.05. The lowest BCUT2D eigenvalue weighted by Gasteiger charge is -2.10. The van der Waals surface area contributed by atoms with Gasteiger partial charge in [-0.05, 0) is 18.8 Å². The van der Waals surface area contributed by atoms with Crippen molar-refractivity contribution in [1.82, 2.24) is 9.55 Å². The van der Waals surface area contributed by atoms with E-state index >= 15 is 0 Å². The van der Waals surface area contributed by atoms with E-state index < -0.39 is 27.0 Å². The van der Waals surface area contributed by atoms with Gasteiger partial charge in [0.1, 0.15) is 0 Å². The molecule has 8 heteroatoms. The van der Waals surface area contributed by atoms with Crippen LogP contribution in [0, 0.1) is 16.0 Å². The Morgan fingerprint density at radius 3 is 2.56 bits per heavy atom. The van der Waals surface area contributed by atoms with E-state index in [-0.39, 0.29) is 12.5 Å². The first-order chi connectivity index (χ1) is 8.50. The molecule has 0 aliphatic heterocycles. The number of H-pyrrole nitrogens is 1. The van der Waals surface area contributed by atoms with E-state index in [1.165, 1.54) is 0 Å². The third-order valence-electron chi connectivity index (χ3n) is 3.22. The Balaban J connectivity index is 2.46. The zero-order chi connectivity index (χ0) is 13.3. The molecule has 0 aromatic carbocycles. The van der Waals surface area contributed by atoms with Crippen molar-refractivity contribution in [3.63, 3.8) is 0 Å². The Kier molecular flexibility index (Phi) is 3.51. The Labute approximate surface area is 107 Å². The number of nitrogens with one attached hydrogen (secondary N) is 1. The summed E-state index contributed by atoms with van der Waals surface area (Å²) in [6.45, 7) is 0.214. The molecule has 1 aliphatic carbocycles. The van der Waals surface area contributed by atoms with Crippen molar-refractivity contribution >= 4 is 17.3 Å². The lowest BCUT2D eigenvalue weighted by atomic mass is 10.1. The van der Waals surface area contributed by atoms with Crippen LogP contribution in [0.2, 0.25) is 5.15 Å². The summed E-state index contributed by atoms with van der Waals surface area (Å²) < 4.78 is 0.875. The standard InChI is InChI=1S/C10H12ClN3O4/c11-8-7(14(17)18)9(15)13(10(16)12-8)5-6-3-1-2-4-6/h6H,1-5H2,(H,12,16). The van der Waals surface area contributed by atoms with Crippen LogP contribution < -0.4 is 11.2 Å². The molecule has 0 amide bonds. The van der Waals surface area contributed by atoms with Gasteiger partial charge in [0.25, 0.3) is 0 Å². The molecule has 1 N–H and O–H groups in total. The summed E-state index contributed by atoms with van der Waals surface area (Å²) in [5.74, 6) is 0.226. The van der Waals surface area contributed by atoms with E-state index in [1.54, 1.807) is 0 Å². The first kappa shape index (κ1) is 12.8. The van der Waals surface area contributed by atoms with E-state index in [2.05, 4.69) is 4.98 Å². The van der Waals surface area contributed by atoms with E-state index in [9.17, 15) is 19.7 Å². The SMILES string of the molecule is O=c1[nH]c(Cl)c([N+](=O)[O-])c(=O)n1CC1CCCC1. The fourth-order valence-electron chi connectivity index (χ4n) is 2.31. The van der Waals surface area contributed by atoms with Gasteiger partial charge >= 0.3 is 16.9 Å². The third kappa shape index (κ3) is 2.31. The molecule has 1 fully saturated rings. The number of halogens is 1. The van der Waals surface area contributed by atoms with E-state index in [0.717, 1.165) is 30.3 Å². The number of aromatic amines is 1. The van der Waals surface area contributed by atoms with Crippen molar-refractivity contribution in [2.45, 2.75) is 32.2 Å². The minimum absolute atomic E-state index is 0.214. The molecule has 0 atom stereocenters. The van der Waals surface area contributed by atoms with Crippen molar-refractivity contribution in [2.24, 2.45) is 5.92 Å². The van der Waals surface area contributed by atoms with Gasteiger partial charge in [0, 0.05) is 6.54 Å². The molecule has 1 heterocycles. The minimum atomic E-state index is -0.930. The van der Waals surface area contributed by atoms with Crippen LogP contribution in [0.15, 0.2) is 9.59 Å². The lowest BCUT2D eigenvalue weighted by Crippen LogP contribution is -2.38. The van der Waals surface area contributed by atoms with E-state index in [0.29, 0.717) is 0 Å². The largest absolute Gasteiger partial charge is 0.369 e.